The van der Waals surface area contributed by atoms with Crippen molar-refractivity contribution in [3.8, 4) is 0 Å². The molecule has 0 aliphatic heterocycles. The van der Waals surface area contributed by atoms with Crippen molar-refractivity contribution >= 4 is 0 Å². The molecule has 2 fully saturated rings. The molecule has 1 aromatic heterocycles. The van der Waals surface area contributed by atoms with Crippen molar-refractivity contribution in [2.45, 2.75) is 110 Å². The van der Waals surface area contributed by atoms with Crippen LogP contribution in [0.1, 0.15) is 115 Å². The van der Waals surface area contributed by atoms with Crippen molar-refractivity contribution in [3.05, 3.63) is 35.9 Å². The second-order valence-electron chi connectivity index (χ2n) is 9.47. The highest BCUT2D eigenvalue weighted by Gasteiger charge is 2.24. The Morgan fingerprint density at radius 1 is 0.786 bits per heavy atom. The number of rotatable bonds is 9. The largest absolute Gasteiger partial charge is 0.241 e. The van der Waals surface area contributed by atoms with E-state index in [2.05, 4.69) is 38.4 Å². The summed E-state index contributed by atoms with van der Waals surface area (Å²) in [4.78, 5) is 9.40. The molecular formula is C26H42N2. The quantitative estimate of drug-likeness (QED) is 0.410. The molecule has 0 unspecified atom stereocenters. The lowest BCUT2D eigenvalue weighted by Gasteiger charge is -2.28. The molecule has 2 nitrogen and oxygen atoms in total. The zero-order valence-corrected chi connectivity index (χ0v) is 18.4. The van der Waals surface area contributed by atoms with E-state index in [9.17, 15) is 0 Å². The molecular weight excluding hydrogens is 340 g/mol. The van der Waals surface area contributed by atoms with Crippen LogP contribution >= 0.6 is 0 Å². The maximum Gasteiger partial charge on any atom is 0.131 e. The third kappa shape index (κ3) is 6.71. The fraction of sp³-hybridized carbons (Fsp3) is 0.769. The van der Waals surface area contributed by atoms with E-state index in [4.69, 9.17) is 9.97 Å². The molecule has 0 amide bonds. The topological polar surface area (TPSA) is 25.8 Å². The lowest BCUT2D eigenvalue weighted by Crippen LogP contribution is -2.15. The van der Waals surface area contributed by atoms with E-state index in [0.717, 1.165) is 30.0 Å². The molecule has 1 aromatic rings. The van der Waals surface area contributed by atoms with E-state index in [-0.39, 0.29) is 0 Å². The van der Waals surface area contributed by atoms with Crippen LogP contribution < -0.4 is 0 Å². The van der Waals surface area contributed by atoms with Crippen LogP contribution in [-0.2, 0) is 6.42 Å². The third-order valence-electron chi connectivity index (χ3n) is 7.19. The van der Waals surface area contributed by atoms with Gasteiger partial charge in [0, 0.05) is 18.3 Å². The van der Waals surface area contributed by atoms with Crippen LogP contribution in [0.15, 0.2) is 24.5 Å². The van der Waals surface area contributed by atoms with Gasteiger partial charge in [0.15, 0.2) is 0 Å². The molecule has 2 aliphatic rings. The minimum absolute atomic E-state index is 0.582. The number of aryl methyl sites for hydroxylation is 1. The van der Waals surface area contributed by atoms with Gasteiger partial charge in [-0.3, -0.25) is 0 Å². The minimum Gasteiger partial charge on any atom is -0.241 e. The van der Waals surface area contributed by atoms with E-state index < -0.39 is 0 Å². The molecule has 2 aliphatic carbocycles. The highest BCUT2D eigenvalue weighted by atomic mass is 14.9. The molecule has 0 atom stereocenters. The standard InChI is InChI=1S/C26H42N2/c1-3-5-7-21-9-11-22(12-10-21)13-14-23-15-17-25(18-16-23)26-27-19-24(20-28-26)8-6-4-2/h13-14,19-23,25H,3-12,15-18H2,1-2H3/b14-13+. The van der Waals surface area contributed by atoms with Crippen molar-refractivity contribution in [3.63, 3.8) is 0 Å². The van der Waals surface area contributed by atoms with Gasteiger partial charge in [-0.05, 0) is 87.5 Å². The maximum absolute atomic E-state index is 4.70. The Bertz CT molecular complexity index is 561. The zero-order valence-electron chi connectivity index (χ0n) is 18.4. The first-order valence-electron chi connectivity index (χ1n) is 12.3. The summed E-state index contributed by atoms with van der Waals surface area (Å²) in [6.45, 7) is 4.55. The second kappa shape index (κ2) is 11.7. The molecule has 156 valence electrons. The first-order chi connectivity index (χ1) is 13.8. The summed E-state index contributed by atoms with van der Waals surface area (Å²) < 4.78 is 0. The van der Waals surface area contributed by atoms with Gasteiger partial charge in [0.2, 0.25) is 0 Å². The number of hydrogen-bond acceptors (Lipinski definition) is 2. The Kier molecular flexibility index (Phi) is 9.02. The van der Waals surface area contributed by atoms with Crippen LogP contribution in [0, 0.1) is 17.8 Å². The van der Waals surface area contributed by atoms with E-state index in [1.807, 2.05) is 0 Å². The van der Waals surface area contributed by atoms with Gasteiger partial charge in [0.05, 0.1) is 0 Å². The number of nitrogens with zero attached hydrogens (tertiary/aromatic N) is 2. The molecule has 0 saturated heterocycles. The van der Waals surface area contributed by atoms with Crippen LogP contribution in [0.2, 0.25) is 0 Å². The second-order valence-corrected chi connectivity index (χ2v) is 9.47. The smallest absolute Gasteiger partial charge is 0.131 e. The van der Waals surface area contributed by atoms with Gasteiger partial charge in [0.1, 0.15) is 5.82 Å². The molecule has 0 aromatic carbocycles. The summed E-state index contributed by atoms with van der Waals surface area (Å²) in [6.07, 6.45) is 28.1. The van der Waals surface area contributed by atoms with E-state index in [1.165, 1.54) is 89.0 Å². The predicted molar refractivity (Wildman–Crippen MR) is 119 cm³/mol. The van der Waals surface area contributed by atoms with Crippen LogP contribution in [0.25, 0.3) is 0 Å². The average Bonchev–Trinajstić information content (AvgIpc) is 2.76. The molecule has 0 bridgehead atoms. The van der Waals surface area contributed by atoms with Gasteiger partial charge >= 0.3 is 0 Å². The van der Waals surface area contributed by atoms with E-state index in [0.29, 0.717) is 5.92 Å². The summed E-state index contributed by atoms with van der Waals surface area (Å²) in [7, 11) is 0. The number of unbranched alkanes of at least 4 members (excludes halogenated alkanes) is 2. The Hall–Kier alpha value is -1.18. The number of aromatic nitrogens is 2. The minimum atomic E-state index is 0.582. The van der Waals surface area contributed by atoms with E-state index >= 15 is 0 Å². The summed E-state index contributed by atoms with van der Waals surface area (Å²) in [5, 5.41) is 0. The molecule has 0 N–H and O–H groups in total. The van der Waals surface area contributed by atoms with Gasteiger partial charge in [-0.2, -0.15) is 0 Å². The zero-order chi connectivity index (χ0) is 19.6. The SMILES string of the molecule is CCCCc1cnc(C2CCC(/C=C/C3CCC(CCCC)CC3)CC2)nc1. The first-order valence-corrected chi connectivity index (χ1v) is 12.3. The molecule has 28 heavy (non-hydrogen) atoms. The average molecular weight is 383 g/mol. The molecule has 1 heterocycles. The molecule has 3 rings (SSSR count). The van der Waals surface area contributed by atoms with E-state index in [1.54, 1.807) is 0 Å². The molecule has 0 spiro atoms. The Morgan fingerprint density at radius 3 is 1.93 bits per heavy atom. The van der Waals surface area contributed by atoms with Crippen molar-refractivity contribution in [1.29, 1.82) is 0 Å². The lowest BCUT2D eigenvalue weighted by atomic mass is 9.78. The lowest BCUT2D eigenvalue weighted by molar-refractivity contribution is 0.289. The number of hydrogen-bond donors (Lipinski definition) is 0. The van der Waals surface area contributed by atoms with Crippen LogP contribution in [0.4, 0.5) is 0 Å². The summed E-state index contributed by atoms with van der Waals surface area (Å²) in [6, 6.07) is 0. The highest BCUT2D eigenvalue weighted by Crippen LogP contribution is 2.36. The van der Waals surface area contributed by atoms with Gasteiger partial charge < -0.3 is 0 Å². The maximum atomic E-state index is 4.70. The Labute approximate surface area is 173 Å². The van der Waals surface area contributed by atoms with Gasteiger partial charge in [-0.25, -0.2) is 9.97 Å². The van der Waals surface area contributed by atoms with Crippen molar-refractivity contribution in [2.24, 2.45) is 17.8 Å². The van der Waals surface area contributed by atoms with Crippen molar-refractivity contribution in [1.82, 2.24) is 9.97 Å². The molecule has 2 heteroatoms. The third-order valence-corrected chi connectivity index (χ3v) is 7.19. The van der Waals surface area contributed by atoms with Gasteiger partial charge in [-0.15, -0.1) is 0 Å². The number of allylic oxidation sites excluding steroid dienone is 2. The van der Waals surface area contributed by atoms with Gasteiger partial charge in [-0.1, -0.05) is 51.7 Å². The van der Waals surface area contributed by atoms with Crippen LogP contribution in [0.3, 0.4) is 0 Å². The summed E-state index contributed by atoms with van der Waals surface area (Å²) in [5.41, 5.74) is 1.30. The summed E-state index contributed by atoms with van der Waals surface area (Å²) >= 11 is 0. The highest BCUT2D eigenvalue weighted by molar-refractivity contribution is 5.09. The predicted octanol–water partition coefficient (Wildman–Crippen LogP) is 7.65. The Morgan fingerprint density at radius 2 is 1.36 bits per heavy atom. The fourth-order valence-corrected chi connectivity index (χ4v) is 5.13. The molecule has 2 saturated carbocycles. The van der Waals surface area contributed by atoms with Crippen molar-refractivity contribution < 1.29 is 0 Å². The van der Waals surface area contributed by atoms with Crippen LogP contribution in [-0.4, -0.2) is 9.97 Å². The normalized spacial score (nSPS) is 28.6. The summed E-state index contributed by atoms with van der Waals surface area (Å²) in [5.74, 6) is 4.34. The Balaban J connectivity index is 1.38. The molecule has 0 radical (unpaired) electrons. The monoisotopic (exact) mass is 382 g/mol. The first kappa shape index (κ1) is 21.5. The van der Waals surface area contributed by atoms with Gasteiger partial charge in [0.25, 0.3) is 0 Å². The fourth-order valence-electron chi connectivity index (χ4n) is 5.13. The van der Waals surface area contributed by atoms with Crippen molar-refractivity contribution in [2.75, 3.05) is 0 Å². The van der Waals surface area contributed by atoms with Crippen LogP contribution in [0.5, 0.6) is 0 Å².